The molecular formula is C9H12N4O4S. The van der Waals surface area contributed by atoms with Gasteiger partial charge in [-0.2, -0.15) is 0 Å². The molecule has 0 aromatic carbocycles. The van der Waals surface area contributed by atoms with Gasteiger partial charge in [0.15, 0.2) is 0 Å². The number of carbonyl (C=O) groups is 2. The van der Waals surface area contributed by atoms with Gasteiger partial charge in [0.05, 0.1) is 12.3 Å². The van der Waals surface area contributed by atoms with E-state index in [1.54, 1.807) is 0 Å². The minimum absolute atomic E-state index is 0.253. The van der Waals surface area contributed by atoms with Gasteiger partial charge in [0.1, 0.15) is 11.0 Å². The number of carbonyl (C=O) groups excluding carboxylic acids is 1. The summed E-state index contributed by atoms with van der Waals surface area (Å²) < 4.78 is 8.70. The van der Waals surface area contributed by atoms with E-state index in [0.29, 0.717) is 11.4 Å². The zero-order chi connectivity index (χ0) is 13.1. The zero-order valence-corrected chi connectivity index (χ0v) is 10.4. The number of methoxy groups -OCH3 is 1. The van der Waals surface area contributed by atoms with E-state index in [2.05, 4.69) is 14.9 Å². The lowest BCUT2D eigenvalue weighted by molar-refractivity contribution is -0.141. The molecule has 18 heavy (non-hydrogen) atoms. The fourth-order valence-corrected chi connectivity index (χ4v) is 2.24. The summed E-state index contributed by atoms with van der Waals surface area (Å²) in [6, 6.07) is -1.34. The maximum absolute atomic E-state index is 11.9. The van der Waals surface area contributed by atoms with Crippen molar-refractivity contribution in [1.29, 1.82) is 0 Å². The number of nitrogens with one attached hydrogen (secondary N) is 1. The molecule has 98 valence electrons. The monoisotopic (exact) mass is 272 g/mol. The van der Waals surface area contributed by atoms with Gasteiger partial charge in [-0.15, -0.1) is 5.10 Å². The molecule has 0 aliphatic carbocycles. The van der Waals surface area contributed by atoms with E-state index in [1.807, 2.05) is 0 Å². The summed E-state index contributed by atoms with van der Waals surface area (Å²) in [7, 11) is 1.50. The normalized spacial score (nSPS) is 23.1. The number of carboxylic acid groups (broad SMARTS) is 1. The molecule has 0 saturated carbocycles. The van der Waals surface area contributed by atoms with Crippen LogP contribution in [-0.2, 0) is 9.53 Å². The fraction of sp³-hybridized carbons (Fsp3) is 0.556. The van der Waals surface area contributed by atoms with E-state index in [4.69, 9.17) is 9.84 Å². The van der Waals surface area contributed by atoms with Crippen LogP contribution in [0.3, 0.4) is 0 Å². The number of ether oxygens (including phenoxy) is 1. The number of aliphatic carboxylic acids is 1. The number of likely N-dealkylation sites (tertiary alicyclic amines) is 1. The van der Waals surface area contributed by atoms with Gasteiger partial charge < -0.3 is 14.7 Å². The molecule has 1 aliphatic heterocycles. The average Bonchev–Trinajstić information content (AvgIpc) is 2.96. The third-order valence-corrected chi connectivity index (χ3v) is 3.31. The zero-order valence-electron chi connectivity index (χ0n) is 9.57. The van der Waals surface area contributed by atoms with E-state index >= 15 is 0 Å². The van der Waals surface area contributed by atoms with Gasteiger partial charge >= 0.3 is 12.0 Å². The highest BCUT2D eigenvalue weighted by Crippen LogP contribution is 2.22. The predicted molar refractivity (Wildman–Crippen MR) is 62.5 cm³/mol. The molecule has 0 radical (unpaired) electrons. The minimum Gasteiger partial charge on any atom is -0.480 e. The number of anilines is 1. The molecule has 1 fully saturated rings. The van der Waals surface area contributed by atoms with Crippen LogP contribution in [0.25, 0.3) is 0 Å². The summed E-state index contributed by atoms with van der Waals surface area (Å²) >= 11 is 1.03. The molecule has 1 aliphatic rings. The van der Waals surface area contributed by atoms with Crippen LogP contribution >= 0.6 is 11.5 Å². The topological polar surface area (TPSA) is 105 Å². The fourth-order valence-electron chi connectivity index (χ4n) is 1.83. The summed E-state index contributed by atoms with van der Waals surface area (Å²) in [6.07, 6.45) is 1.44. The largest absolute Gasteiger partial charge is 0.480 e. The second kappa shape index (κ2) is 5.27. The SMILES string of the molecule is COC1CC(C(=O)O)N(C(=O)Nc2cnns2)C1. The standard InChI is InChI=1S/C9H12N4O4S/c1-17-5-2-6(8(14)15)13(4-5)9(16)11-7-3-10-12-18-7/h3,5-6H,2,4H2,1H3,(H,11,16)(H,14,15). The summed E-state index contributed by atoms with van der Waals surface area (Å²) in [6.45, 7) is 0.255. The first-order valence-corrected chi connectivity index (χ1v) is 5.99. The Morgan fingerprint density at radius 1 is 1.67 bits per heavy atom. The van der Waals surface area contributed by atoms with Crippen molar-refractivity contribution in [3.63, 3.8) is 0 Å². The van der Waals surface area contributed by atoms with Gasteiger partial charge in [0.25, 0.3) is 0 Å². The van der Waals surface area contributed by atoms with E-state index in [9.17, 15) is 9.59 Å². The van der Waals surface area contributed by atoms with Gasteiger partial charge in [-0.05, 0) is 0 Å². The van der Waals surface area contributed by atoms with E-state index in [-0.39, 0.29) is 12.6 Å². The smallest absolute Gasteiger partial charge is 0.326 e. The van der Waals surface area contributed by atoms with Crippen molar-refractivity contribution in [1.82, 2.24) is 14.5 Å². The van der Waals surface area contributed by atoms with Crippen LogP contribution in [0.1, 0.15) is 6.42 Å². The van der Waals surface area contributed by atoms with Gasteiger partial charge in [0.2, 0.25) is 0 Å². The van der Waals surface area contributed by atoms with Gasteiger partial charge in [-0.1, -0.05) is 4.49 Å². The number of nitrogens with zero attached hydrogens (tertiary/aromatic N) is 3. The minimum atomic E-state index is -1.04. The highest BCUT2D eigenvalue weighted by molar-refractivity contribution is 7.10. The summed E-state index contributed by atoms with van der Waals surface area (Å²) in [5.41, 5.74) is 0. The molecular weight excluding hydrogens is 260 g/mol. The second-order valence-corrected chi connectivity index (χ2v) is 4.60. The van der Waals surface area contributed by atoms with Crippen LogP contribution in [0.4, 0.5) is 9.80 Å². The molecule has 9 heteroatoms. The molecule has 0 spiro atoms. The molecule has 2 rings (SSSR count). The molecule has 0 bridgehead atoms. The van der Waals surface area contributed by atoms with E-state index in [0.717, 1.165) is 11.5 Å². The quantitative estimate of drug-likeness (QED) is 0.817. The molecule has 2 N–H and O–H groups in total. The third-order valence-electron chi connectivity index (χ3n) is 2.73. The number of rotatable bonds is 3. The van der Waals surface area contributed by atoms with Crippen LogP contribution in [-0.4, -0.2) is 57.4 Å². The summed E-state index contributed by atoms with van der Waals surface area (Å²) in [5, 5.41) is 15.7. The number of urea groups is 1. The first-order valence-electron chi connectivity index (χ1n) is 5.22. The molecule has 2 unspecified atom stereocenters. The predicted octanol–water partition coefficient (Wildman–Crippen LogP) is 0.244. The van der Waals surface area contributed by atoms with E-state index < -0.39 is 18.0 Å². The Kier molecular flexibility index (Phi) is 3.72. The summed E-state index contributed by atoms with van der Waals surface area (Å²) in [4.78, 5) is 24.3. The van der Waals surface area contributed by atoms with Crippen molar-refractivity contribution < 1.29 is 19.4 Å². The lowest BCUT2D eigenvalue weighted by atomic mass is 10.2. The Labute approximate surface area is 107 Å². The Bertz CT molecular complexity index is 438. The number of hydrogen-bond donors (Lipinski definition) is 2. The first-order chi connectivity index (χ1) is 8.61. The molecule has 2 amide bonds. The molecule has 8 nitrogen and oxygen atoms in total. The number of aromatic nitrogens is 2. The molecule has 1 aromatic heterocycles. The van der Waals surface area contributed by atoms with Crippen molar-refractivity contribution in [2.45, 2.75) is 18.6 Å². The van der Waals surface area contributed by atoms with E-state index in [1.165, 1.54) is 18.2 Å². The van der Waals surface area contributed by atoms with Gasteiger partial charge in [-0.3, -0.25) is 5.32 Å². The molecule has 2 atom stereocenters. The van der Waals surface area contributed by atoms with Crippen LogP contribution in [0.5, 0.6) is 0 Å². The molecule has 1 saturated heterocycles. The first kappa shape index (κ1) is 12.7. The van der Waals surface area contributed by atoms with Gasteiger partial charge in [0, 0.05) is 31.6 Å². The highest BCUT2D eigenvalue weighted by Gasteiger charge is 2.39. The van der Waals surface area contributed by atoms with Crippen LogP contribution < -0.4 is 5.32 Å². The maximum Gasteiger partial charge on any atom is 0.326 e. The average molecular weight is 272 g/mol. The maximum atomic E-state index is 11.9. The lowest BCUT2D eigenvalue weighted by Crippen LogP contribution is -2.42. The van der Waals surface area contributed by atoms with Crippen molar-refractivity contribution in [2.24, 2.45) is 0 Å². The van der Waals surface area contributed by atoms with Gasteiger partial charge in [-0.25, -0.2) is 9.59 Å². The lowest BCUT2D eigenvalue weighted by Gasteiger charge is -2.20. The Morgan fingerprint density at radius 3 is 3.00 bits per heavy atom. The van der Waals surface area contributed by atoms with Crippen molar-refractivity contribution in [3.8, 4) is 0 Å². The highest BCUT2D eigenvalue weighted by atomic mass is 32.1. The van der Waals surface area contributed by atoms with Crippen LogP contribution in [0.15, 0.2) is 6.20 Å². The summed E-state index contributed by atoms with van der Waals surface area (Å²) in [5.74, 6) is -1.04. The number of amides is 2. The molecule has 2 heterocycles. The van der Waals surface area contributed by atoms with Crippen LogP contribution in [0.2, 0.25) is 0 Å². The van der Waals surface area contributed by atoms with Crippen molar-refractivity contribution >= 4 is 28.5 Å². The van der Waals surface area contributed by atoms with Crippen molar-refractivity contribution in [2.75, 3.05) is 19.0 Å². The Morgan fingerprint density at radius 2 is 2.44 bits per heavy atom. The number of hydrogen-bond acceptors (Lipinski definition) is 6. The molecule has 1 aromatic rings. The Balaban J connectivity index is 2.05. The Hall–Kier alpha value is -1.74. The third kappa shape index (κ3) is 2.57. The number of carboxylic acids is 1. The second-order valence-electron chi connectivity index (χ2n) is 3.81. The van der Waals surface area contributed by atoms with Crippen LogP contribution in [0, 0.1) is 0 Å². The van der Waals surface area contributed by atoms with Crippen molar-refractivity contribution in [3.05, 3.63) is 6.20 Å².